The minimum absolute atomic E-state index is 0.0509. The number of carbonyl (C=O) groups excluding carboxylic acids is 1. The Morgan fingerprint density at radius 1 is 1.24 bits per heavy atom. The van der Waals surface area contributed by atoms with Gasteiger partial charge in [-0.25, -0.2) is 13.2 Å². The Labute approximate surface area is 125 Å². The lowest BCUT2D eigenvalue weighted by Crippen LogP contribution is -2.45. The second kappa shape index (κ2) is 6.34. The molecule has 1 heterocycles. The van der Waals surface area contributed by atoms with Gasteiger partial charge in [0.2, 0.25) is 0 Å². The van der Waals surface area contributed by atoms with Crippen molar-refractivity contribution < 1.29 is 17.9 Å². The number of likely N-dealkylation sites (tertiary alicyclic amines) is 1. The van der Waals surface area contributed by atoms with Crippen molar-refractivity contribution in [1.82, 2.24) is 10.2 Å². The number of nitrogens with one attached hydrogen (secondary N) is 1. The average molecular weight is 312 g/mol. The van der Waals surface area contributed by atoms with Gasteiger partial charge in [0.25, 0.3) is 0 Å². The molecule has 0 saturated carbocycles. The molecule has 0 unspecified atom stereocenters. The van der Waals surface area contributed by atoms with Crippen LogP contribution >= 0.6 is 0 Å². The minimum Gasteiger partial charge on any atom is -0.490 e. The van der Waals surface area contributed by atoms with Gasteiger partial charge in [0.15, 0.2) is 9.84 Å². The van der Waals surface area contributed by atoms with Gasteiger partial charge in [0.05, 0.1) is 4.90 Å². The van der Waals surface area contributed by atoms with E-state index < -0.39 is 9.84 Å². The molecular weight excluding hydrogens is 292 g/mol. The van der Waals surface area contributed by atoms with E-state index in [1.165, 1.54) is 6.26 Å². The van der Waals surface area contributed by atoms with Gasteiger partial charge < -0.3 is 15.0 Å². The summed E-state index contributed by atoms with van der Waals surface area (Å²) in [6.45, 7) is 1.32. The van der Waals surface area contributed by atoms with E-state index in [9.17, 15) is 13.2 Å². The van der Waals surface area contributed by atoms with Gasteiger partial charge in [-0.3, -0.25) is 0 Å². The van der Waals surface area contributed by atoms with E-state index in [-0.39, 0.29) is 17.0 Å². The predicted octanol–water partition coefficient (Wildman–Crippen LogP) is 1.27. The second-order valence-electron chi connectivity index (χ2n) is 5.10. The molecule has 1 saturated heterocycles. The van der Waals surface area contributed by atoms with Crippen molar-refractivity contribution in [3.05, 3.63) is 24.3 Å². The standard InChI is InChI=1S/C14H20N2O4S/c1-15-14(17)16-9-7-12(8-10-16)20-11-3-5-13(6-4-11)21(2,18)19/h3-6,12H,7-10H2,1-2H3,(H,15,17). The lowest BCUT2D eigenvalue weighted by Gasteiger charge is -2.31. The van der Waals surface area contributed by atoms with E-state index in [4.69, 9.17) is 4.74 Å². The first-order valence-electron chi connectivity index (χ1n) is 6.83. The third-order valence-electron chi connectivity index (χ3n) is 3.50. The molecule has 1 aliphatic rings. The van der Waals surface area contributed by atoms with Crippen LogP contribution in [0.4, 0.5) is 4.79 Å². The van der Waals surface area contributed by atoms with Crippen molar-refractivity contribution in [2.75, 3.05) is 26.4 Å². The maximum atomic E-state index is 11.5. The van der Waals surface area contributed by atoms with Crippen molar-refractivity contribution in [2.45, 2.75) is 23.8 Å². The van der Waals surface area contributed by atoms with Gasteiger partial charge in [-0.2, -0.15) is 0 Å². The maximum absolute atomic E-state index is 11.5. The summed E-state index contributed by atoms with van der Waals surface area (Å²) >= 11 is 0. The molecule has 2 amide bonds. The number of carbonyl (C=O) groups is 1. The maximum Gasteiger partial charge on any atom is 0.317 e. The molecule has 1 N–H and O–H groups in total. The zero-order chi connectivity index (χ0) is 15.5. The van der Waals surface area contributed by atoms with Gasteiger partial charge in [-0.05, 0) is 24.3 Å². The van der Waals surface area contributed by atoms with Crippen LogP contribution in [0.25, 0.3) is 0 Å². The van der Waals surface area contributed by atoms with E-state index in [1.807, 2.05) is 0 Å². The second-order valence-corrected chi connectivity index (χ2v) is 7.12. The molecular formula is C14H20N2O4S. The fourth-order valence-corrected chi connectivity index (χ4v) is 2.92. The van der Waals surface area contributed by atoms with Crippen LogP contribution in [0.15, 0.2) is 29.2 Å². The third-order valence-corrected chi connectivity index (χ3v) is 4.63. The van der Waals surface area contributed by atoms with Crippen molar-refractivity contribution >= 4 is 15.9 Å². The van der Waals surface area contributed by atoms with E-state index in [0.29, 0.717) is 18.8 Å². The molecule has 0 aromatic heterocycles. The Morgan fingerprint density at radius 3 is 2.29 bits per heavy atom. The number of ether oxygens (including phenoxy) is 1. The summed E-state index contributed by atoms with van der Waals surface area (Å²) in [5.41, 5.74) is 0. The molecule has 2 rings (SSSR count). The molecule has 21 heavy (non-hydrogen) atoms. The van der Waals surface area contributed by atoms with Gasteiger partial charge in [0.1, 0.15) is 11.9 Å². The van der Waals surface area contributed by atoms with E-state index >= 15 is 0 Å². The number of piperidine rings is 1. The summed E-state index contributed by atoms with van der Waals surface area (Å²) in [5, 5.41) is 2.61. The molecule has 1 aromatic rings. The summed E-state index contributed by atoms with van der Waals surface area (Å²) < 4.78 is 28.6. The molecule has 1 fully saturated rings. The average Bonchev–Trinajstić information content (AvgIpc) is 2.47. The van der Waals surface area contributed by atoms with Crippen molar-refractivity contribution in [2.24, 2.45) is 0 Å². The normalized spacial score (nSPS) is 16.6. The lowest BCUT2D eigenvalue weighted by molar-refractivity contribution is 0.112. The number of hydrogen-bond donors (Lipinski definition) is 1. The highest BCUT2D eigenvalue weighted by Crippen LogP contribution is 2.21. The molecule has 7 heteroatoms. The minimum atomic E-state index is -3.18. The van der Waals surface area contributed by atoms with Gasteiger partial charge >= 0.3 is 6.03 Å². The quantitative estimate of drug-likeness (QED) is 0.912. The van der Waals surface area contributed by atoms with E-state index in [1.54, 1.807) is 36.2 Å². The van der Waals surface area contributed by atoms with Crippen molar-refractivity contribution in [3.63, 3.8) is 0 Å². The topological polar surface area (TPSA) is 75.7 Å². The molecule has 0 radical (unpaired) electrons. The Bertz CT molecular complexity index is 590. The predicted molar refractivity (Wildman–Crippen MR) is 79.2 cm³/mol. The zero-order valence-corrected chi connectivity index (χ0v) is 13.0. The van der Waals surface area contributed by atoms with E-state index in [0.717, 1.165) is 12.8 Å². The van der Waals surface area contributed by atoms with Gasteiger partial charge in [-0.1, -0.05) is 0 Å². The number of hydrogen-bond acceptors (Lipinski definition) is 4. The summed E-state index contributed by atoms with van der Waals surface area (Å²) in [7, 11) is -1.56. The molecule has 1 aromatic carbocycles. The van der Waals surface area contributed by atoms with Crippen molar-refractivity contribution in [1.29, 1.82) is 0 Å². The zero-order valence-electron chi connectivity index (χ0n) is 12.2. The van der Waals surface area contributed by atoms with Crippen LogP contribution < -0.4 is 10.1 Å². The van der Waals surface area contributed by atoms with Crippen LogP contribution in [0, 0.1) is 0 Å². The Balaban J connectivity index is 1.90. The number of rotatable bonds is 3. The first kappa shape index (κ1) is 15.6. The highest BCUT2D eigenvalue weighted by Gasteiger charge is 2.23. The molecule has 116 valence electrons. The van der Waals surface area contributed by atoms with Crippen LogP contribution in [0.3, 0.4) is 0 Å². The summed E-state index contributed by atoms with van der Waals surface area (Å²) in [6, 6.07) is 6.36. The van der Waals surface area contributed by atoms with Crippen LogP contribution in [-0.4, -0.2) is 51.8 Å². The SMILES string of the molecule is CNC(=O)N1CCC(Oc2ccc(S(C)(=O)=O)cc2)CC1. The van der Waals surface area contributed by atoms with E-state index in [2.05, 4.69) is 5.32 Å². The number of benzene rings is 1. The van der Waals surface area contributed by atoms with Crippen molar-refractivity contribution in [3.8, 4) is 5.75 Å². The van der Waals surface area contributed by atoms with Crippen LogP contribution in [-0.2, 0) is 9.84 Å². The highest BCUT2D eigenvalue weighted by molar-refractivity contribution is 7.90. The summed E-state index contributed by atoms with van der Waals surface area (Å²) in [4.78, 5) is 13.5. The van der Waals surface area contributed by atoms with Crippen LogP contribution in [0.1, 0.15) is 12.8 Å². The van der Waals surface area contributed by atoms with Crippen LogP contribution in [0.2, 0.25) is 0 Å². The molecule has 0 bridgehead atoms. The summed E-state index contributed by atoms with van der Waals surface area (Å²) in [5.74, 6) is 0.654. The Kier molecular flexibility index (Phi) is 4.72. The summed E-state index contributed by atoms with van der Waals surface area (Å²) in [6.07, 6.45) is 2.76. The molecule has 0 atom stereocenters. The number of amides is 2. The molecule has 6 nitrogen and oxygen atoms in total. The third kappa shape index (κ3) is 4.10. The number of urea groups is 1. The lowest BCUT2D eigenvalue weighted by atomic mass is 10.1. The van der Waals surface area contributed by atoms with Crippen LogP contribution in [0.5, 0.6) is 5.75 Å². The largest absolute Gasteiger partial charge is 0.490 e. The first-order chi connectivity index (χ1) is 9.90. The monoisotopic (exact) mass is 312 g/mol. The van der Waals surface area contributed by atoms with Gasteiger partial charge in [0, 0.05) is 39.2 Å². The number of nitrogens with zero attached hydrogens (tertiary/aromatic N) is 1. The highest BCUT2D eigenvalue weighted by atomic mass is 32.2. The van der Waals surface area contributed by atoms with Gasteiger partial charge in [-0.15, -0.1) is 0 Å². The Hall–Kier alpha value is -1.76. The molecule has 1 aliphatic heterocycles. The number of sulfone groups is 1. The molecule has 0 spiro atoms. The Morgan fingerprint density at radius 2 is 1.81 bits per heavy atom. The first-order valence-corrected chi connectivity index (χ1v) is 8.72. The fourth-order valence-electron chi connectivity index (χ4n) is 2.29. The molecule has 0 aliphatic carbocycles. The smallest absolute Gasteiger partial charge is 0.317 e. The fraction of sp³-hybridized carbons (Fsp3) is 0.500.